The molecule has 10 heteroatoms. The quantitative estimate of drug-likeness (QED) is 0.286. The van der Waals surface area contributed by atoms with Gasteiger partial charge in [-0.2, -0.15) is 0 Å². The lowest BCUT2D eigenvalue weighted by Gasteiger charge is -2.08. The van der Waals surface area contributed by atoms with Gasteiger partial charge in [-0.3, -0.25) is 0 Å². The van der Waals surface area contributed by atoms with Gasteiger partial charge in [0, 0.05) is 11.1 Å². The van der Waals surface area contributed by atoms with Gasteiger partial charge < -0.3 is 26.8 Å². The van der Waals surface area contributed by atoms with Gasteiger partial charge in [-0.05, 0) is 18.2 Å². The summed E-state index contributed by atoms with van der Waals surface area (Å²) in [5, 5.41) is 26.9. The van der Waals surface area contributed by atoms with Crippen LogP contribution in [0.5, 0.6) is 0 Å². The van der Waals surface area contributed by atoms with Crippen molar-refractivity contribution in [3.63, 3.8) is 0 Å². The number of carboxylic acids is 3. The van der Waals surface area contributed by atoms with Gasteiger partial charge >= 0.3 is 17.9 Å². The highest BCUT2D eigenvalue weighted by Gasteiger charge is 2.22. The van der Waals surface area contributed by atoms with E-state index in [-0.39, 0.29) is 22.8 Å². The predicted molar refractivity (Wildman–Crippen MR) is 129 cm³/mol. The van der Waals surface area contributed by atoms with Gasteiger partial charge in [-0.15, -0.1) is 0 Å². The summed E-state index contributed by atoms with van der Waals surface area (Å²) >= 11 is 0. The molecule has 0 unspecified atom stereocenters. The normalized spacial score (nSPS) is 10.1. The van der Waals surface area contributed by atoms with Gasteiger partial charge in [-0.1, -0.05) is 60.7 Å². The van der Waals surface area contributed by atoms with Crippen LogP contribution in [-0.4, -0.2) is 43.2 Å². The summed E-state index contributed by atoms with van der Waals surface area (Å²) < 4.78 is 0. The molecule has 7 N–H and O–H groups in total. The largest absolute Gasteiger partial charge is 0.478 e. The predicted octanol–water partition coefficient (Wildman–Crippen LogP) is 3.76. The molecule has 0 amide bonds. The van der Waals surface area contributed by atoms with Crippen LogP contribution in [0.3, 0.4) is 0 Å². The van der Waals surface area contributed by atoms with E-state index in [4.69, 9.17) is 26.8 Å². The number of hydrogen-bond donors (Lipinski definition) is 5. The lowest BCUT2D eigenvalue weighted by atomic mass is 10.0. The summed E-state index contributed by atoms with van der Waals surface area (Å²) in [6.45, 7) is 0. The zero-order valence-electron chi connectivity index (χ0n) is 18.1. The van der Waals surface area contributed by atoms with E-state index in [1.807, 2.05) is 30.3 Å². The van der Waals surface area contributed by atoms with Crippen molar-refractivity contribution in [2.24, 2.45) is 0 Å². The average Bonchev–Trinajstić information content (AvgIpc) is 2.84. The van der Waals surface area contributed by atoms with Crippen LogP contribution < -0.4 is 11.5 Å². The maximum absolute atomic E-state index is 11.1. The average molecular weight is 472 g/mol. The van der Waals surface area contributed by atoms with Crippen LogP contribution in [0.2, 0.25) is 0 Å². The van der Waals surface area contributed by atoms with E-state index in [0.717, 1.165) is 5.56 Å². The first-order valence-corrected chi connectivity index (χ1v) is 10.1. The van der Waals surface area contributed by atoms with Crippen molar-refractivity contribution in [1.82, 2.24) is 9.97 Å². The van der Waals surface area contributed by atoms with Crippen LogP contribution in [0.4, 0.5) is 11.6 Å². The Morgan fingerprint density at radius 2 is 1.14 bits per heavy atom. The number of pyridine rings is 2. The van der Waals surface area contributed by atoms with Crippen molar-refractivity contribution in [3.8, 4) is 22.5 Å². The van der Waals surface area contributed by atoms with Crippen molar-refractivity contribution in [1.29, 1.82) is 0 Å². The molecule has 4 rings (SSSR count). The summed E-state index contributed by atoms with van der Waals surface area (Å²) in [7, 11) is 0. The maximum atomic E-state index is 11.1. The highest BCUT2D eigenvalue weighted by molar-refractivity contribution is 6.05. The van der Waals surface area contributed by atoms with E-state index in [9.17, 15) is 14.4 Å². The molecule has 10 nitrogen and oxygen atoms in total. The third kappa shape index (κ3) is 5.96. The number of nitrogens with zero attached hydrogens (tertiary/aromatic N) is 2. The molecule has 0 radical (unpaired) electrons. The second kappa shape index (κ2) is 10.6. The fraction of sp³-hybridized carbons (Fsp3) is 0. The third-order valence-electron chi connectivity index (χ3n) is 4.72. The Hall–Kier alpha value is -5.25. The van der Waals surface area contributed by atoms with E-state index in [0.29, 0.717) is 17.0 Å². The molecule has 2 aromatic carbocycles. The van der Waals surface area contributed by atoms with Gasteiger partial charge in [0.05, 0.1) is 22.5 Å². The molecule has 0 saturated heterocycles. The smallest absolute Gasteiger partial charge is 0.340 e. The number of nitrogens with two attached hydrogens (primary N) is 2. The fourth-order valence-corrected chi connectivity index (χ4v) is 3.15. The Morgan fingerprint density at radius 1 is 0.629 bits per heavy atom. The number of rotatable bonds is 5. The minimum absolute atomic E-state index is 0.145. The number of hydrogen-bond acceptors (Lipinski definition) is 7. The molecule has 4 aromatic rings. The molecule has 2 heterocycles. The standard InChI is InChI=1S/C13H10N2O4.C12H10N2O2/c14-11-10(13(18)19)8(12(16)17)6-9(15-11)7-4-2-1-3-5-7;13-11-7-9(12(15)16)6-10(14-11)8-4-2-1-3-5-8/h1-6H,(H2,14,15)(H,16,17)(H,18,19);1-7H,(H2,13,14)(H,15,16). The lowest BCUT2D eigenvalue weighted by Crippen LogP contribution is -2.13. The minimum atomic E-state index is -1.41. The van der Waals surface area contributed by atoms with Crippen LogP contribution >= 0.6 is 0 Å². The van der Waals surface area contributed by atoms with E-state index in [1.54, 1.807) is 30.3 Å². The second-order valence-electron chi connectivity index (χ2n) is 7.13. The summed E-state index contributed by atoms with van der Waals surface area (Å²) in [4.78, 5) is 41.0. The van der Waals surface area contributed by atoms with E-state index >= 15 is 0 Å². The van der Waals surface area contributed by atoms with Gasteiger partial charge in [0.1, 0.15) is 17.2 Å². The first-order valence-electron chi connectivity index (χ1n) is 10.1. The summed E-state index contributed by atoms with van der Waals surface area (Å²) in [6.07, 6.45) is 0. The number of aromatic nitrogens is 2. The van der Waals surface area contributed by atoms with E-state index in [2.05, 4.69) is 9.97 Å². The molecule has 0 fully saturated rings. The summed E-state index contributed by atoms with van der Waals surface area (Å²) in [5.74, 6) is -3.89. The van der Waals surface area contributed by atoms with E-state index < -0.39 is 23.5 Å². The Morgan fingerprint density at radius 3 is 1.60 bits per heavy atom. The molecular weight excluding hydrogens is 452 g/mol. The monoisotopic (exact) mass is 472 g/mol. The van der Waals surface area contributed by atoms with Crippen LogP contribution in [0, 0.1) is 0 Å². The minimum Gasteiger partial charge on any atom is -0.478 e. The van der Waals surface area contributed by atoms with Gasteiger partial charge in [0.15, 0.2) is 0 Å². The highest BCUT2D eigenvalue weighted by Crippen LogP contribution is 2.24. The van der Waals surface area contributed by atoms with E-state index in [1.165, 1.54) is 18.2 Å². The third-order valence-corrected chi connectivity index (χ3v) is 4.72. The maximum Gasteiger partial charge on any atom is 0.340 e. The molecule has 35 heavy (non-hydrogen) atoms. The Balaban J connectivity index is 0.000000198. The summed E-state index contributed by atoms with van der Waals surface area (Å²) in [6, 6.07) is 22.2. The molecule has 0 bridgehead atoms. The SMILES string of the molecule is Nc1cc(C(=O)O)cc(-c2ccccc2)n1.Nc1nc(-c2ccccc2)cc(C(=O)O)c1C(=O)O. The molecule has 0 saturated carbocycles. The zero-order chi connectivity index (χ0) is 25.5. The summed E-state index contributed by atoms with van der Waals surface area (Å²) in [5.41, 5.74) is 12.8. The van der Waals surface area contributed by atoms with Crippen LogP contribution in [0.25, 0.3) is 22.5 Å². The van der Waals surface area contributed by atoms with Gasteiger partial charge in [-0.25, -0.2) is 24.4 Å². The molecule has 176 valence electrons. The molecule has 0 aliphatic carbocycles. The number of anilines is 2. The van der Waals surface area contributed by atoms with Crippen LogP contribution in [0.15, 0.2) is 78.9 Å². The van der Waals surface area contributed by atoms with Crippen molar-refractivity contribution in [3.05, 3.63) is 95.6 Å². The van der Waals surface area contributed by atoms with Crippen molar-refractivity contribution < 1.29 is 29.7 Å². The van der Waals surface area contributed by atoms with Gasteiger partial charge in [0.2, 0.25) is 0 Å². The topological polar surface area (TPSA) is 190 Å². The first-order chi connectivity index (χ1) is 16.7. The molecule has 0 aliphatic rings. The first kappa shape index (κ1) is 24.4. The number of carbonyl (C=O) groups is 3. The van der Waals surface area contributed by atoms with Gasteiger partial charge in [0.25, 0.3) is 0 Å². The highest BCUT2D eigenvalue weighted by atomic mass is 16.4. The van der Waals surface area contributed by atoms with Crippen molar-refractivity contribution in [2.75, 3.05) is 11.5 Å². The number of aromatic carboxylic acids is 3. The molecule has 0 atom stereocenters. The Bertz CT molecular complexity index is 1390. The Labute approximate surface area is 199 Å². The lowest BCUT2D eigenvalue weighted by molar-refractivity contribution is 0.0652. The van der Waals surface area contributed by atoms with Crippen LogP contribution in [-0.2, 0) is 0 Å². The van der Waals surface area contributed by atoms with Crippen LogP contribution in [0.1, 0.15) is 31.1 Å². The number of carboxylic acid groups (broad SMARTS) is 3. The number of nitrogen functional groups attached to an aromatic ring is 2. The molecule has 2 aromatic heterocycles. The molecule has 0 spiro atoms. The van der Waals surface area contributed by atoms with Crippen molar-refractivity contribution in [2.45, 2.75) is 0 Å². The fourth-order valence-electron chi connectivity index (χ4n) is 3.15. The Kier molecular flexibility index (Phi) is 7.37. The van der Waals surface area contributed by atoms with Crippen molar-refractivity contribution >= 4 is 29.5 Å². The molecule has 0 aliphatic heterocycles. The zero-order valence-corrected chi connectivity index (χ0v) is 18.1. The second-order valence-corrected chi connectivity index (χ2v) is 7.13. The molecular formula is C25H20N4O6. The number of benzene rings is 2.